The summed E-state index contributed by atoms with van der Waals surface area (Å²) in [5.74, 6) is -0.528. The molecule has 2 aromatic rings. The average Bonchev–Trinajstić information content (AvgIpc) is 2.78. The van der Waals surface area contributed by atoms with Crippen molar-refractivity contribution in [2.24, 2.45) is 0 Å². The minimum Gasteiger partial charge on any atom is -0.352 e. The van der Waals surface area contributed by atoms with E-state index in [2.05, 4.69) is 5.32 Å². The first-order chi connectivity index (χ1) is 14.5. The van der Waals surface area contributed by atoms with Crippen LogP contribution in [0.5, 0.6) is 0 Å². The van der Waals surface area contributed by atoms with Gasteiger partial charge in [0.2, 0.25) is 11.8 Å². The van der Waals surface area contributed by atoms with Crippen molar-refractivity contribution < 1.29 is 14.0 Å². The van der Waals surface area contributed by atoms with E-state index in [1.165, 1.54) is 29.1 Å². The third kappa shape index (κ3) is 6.33. The lowest BCUT2D eigenvalue weighted by Gasteiger charge is -2.31. The molecule has 6 heteroatoms. The van der Waals surface area contributed by atoms with Crippen molar-refractivity contribution in [3.05, 3.63) is 66.0 Å². The molecule has 1 saturated carbocycles. The highest BCUT2D eigenvalue weighted by molar-refractivity contribution is 8.00. The Morgan fingerprint density at radius 1 is 1.07 bits per heavy atom. The van der Waals surface area contributed by atoms with Crippen LogP contribution in [0.3, 0.4) is 0 Å². The molecular formula is C24H29FN2O2S. The molecule has 0 aliphatic heterocycles. The van der Waals surface area contributed by atoms with Gasteiger partial charge in [0.1, 0.15) is 11.9 Å². The maximum Gasteiger partial charge on any atom is 0.242 e. The summed E-state index contributed by atoms with van der Waals surface area (Å²) in [5, 5.41) is 3.09. The van der Waals surface area contributed by atoms with E-state index >= 15 is 0 Å². The molecule has 0 radical (unpaired) electrons. The number of hydrogen-bond donors (Lipinski definition) is 1. The molecule has 0 spiro atoms. The first-order valence-corrected chi connectivity index (χ1v) is 11.5. The molecule has 1 atom stereocenters. The fraction of sp³-hybridized carbons (Fsp3) is 0.417. The molecule has 3 rings (SSSR count). The Morgan fingerprint density at radius 3 is 2.43 bits per heavy atom. The van der Waals surface area contributed by atoms with E-state index in [1.807, 2.05) is 30.3 Å². The van der Waals surface area contributed by atoms with Crippen LogP contribution in [0, 0.1) is 5.82 Å². The van der Waals surface area contributed by atoms with Gasteiger partial charge in [-0.15, -0.1) is 11.8 Å². The molecule has 1 aliphatic carbocycles. The smallest absolute Gasteiger partial charge is 0.242 e. The van der Waals surface area contributed by atoms with E-state index in [0.717, 1.165) is 30.6 Å². The lowest BCUT2D eigenvalue weighted by molar-refractivity contribution is -0.139. The van der Waals surface area contributed by atoms with Crippen LogP contribution < -0.4 is 5.32 Å². The second-order valence-corrected chi connectivity index (χ2v) is 8.78. The van der Waals surface area contributed by atoms with Crippen LogP contribution in [0.2, 0.25) is 0 Å². The first kappa shape index (κ1) is 22.3. The molecule has 1 fully saturated rings. The number of nitrogens with one attached hydrogen (secondary N) is 1. The molecule has 0 saturated heterocycles. The van der Waals surface area contributed by atoms with Crippen LogP contribution in [-0.4, -0.2) is 34.6 Å². The van der Waals surface area contributed by atoms with Gasteiger partial charge in [-0.25, -0.2) is 4.39 Å². The number of halogens is 1. The molecule has 0 bridgehead atoms. The van der Waals surface area contributed by atoms with Crippen LogP contribution in [-0.2, 0) is 16.1 Å². The minimum absolute atomic E-state index is 0.0696. The zero-order chi connectivity index (χ0) is 21.3. The molecule has 4 nitrogen and oxygen atoms in total. The highest BCUT2D eigenvalue weighted by atomic mass is 32.2. The Balaban J connectivity index is 1.71. The van der Waals surface area contributed by atoms with E-state index in [1.54, 1.807) is 25.1 Å². The van der Waals surface area contributed by atoms with Gasteiger partial charge in [0.25, 0.3) is 0 Å². The van der Waals surface area contributed by atoms with Gasteiger partial charge in [0.05, 0.1) is 5.75 Å². The van der Waals surface area contributed by atoms with Crippen molar-refractivity contribution in [2.45, 2.75) is 62.6 Å². The lowest BCUT2D eigenvalue weighted by atomic mass is 9.95. The highest BCUT2D eigenvalue weighted by Crippen LogP contribution is 2.21. The van der Waals surface area contributed by atoms with E-state index in [0.29, 0.717) is 5.56 Å². The fourth-order valence-corrected chi connectivity index (χ4v) is 4.51. The van der Waals surface area contributed by atoms with Crippen LogP contribution in [0.4, 0.5) is 4.39 Å². The van der Waals surface area contributed by atoms with E-state index < -0.39 is 6.04 Å². The van der Waals surface area contributed by atoms with Crippen LogP contribution in [0.15, 0.2) is 59.5 Å². The zero-order valence-electron chi connectivity index (χ0n) is 17.4. The zero-order valence-corrected chi connectivity index (χ0v) is 18.2. The number of nitrogens with zero attached hydrogens (tertiary/aromatic N) is 1. The molecule has 2 amide bonds. The number of hydrogen-bond acceptors (Lipinski definition) is 3. The summed E-state index contributed by atoms with van der Waals surface area (Å²) >= 11 is 1.42. The van der Waals surface area contributed by atoms with Gasteiger partial charge < -0.3 is 10.2 Å². The molecule has 2 aromatic carbocycles. The van der Waals surface area contributed by atoms with Crippen molar-refractivity contribution in [1.82, 2.24) is 10.2 Å². The van der Waals surface area contributed by atoms with Crippen LogP contribution in [0.25, 0.3) is 0 Å². The Labute approximate surface area is 182 Å². The number of carbonyl (C=O) groups is 2. The fourth-order valence-electron chi connectivity index (χ4n) is 3.71. The number of carbonyl (C=O) groups excluding carboxylic acids is 2. The maximum absolute atomic E-state index is 14.3. The summed E-state index contributed by atoms with van der Waals surface area (Å²) in [7, 11) is 0. The Morgan fingerprint density at radius 2 is 1.73 bits per heavy atom. The molecule has 0 heterocycles. The monoisotopic (exact) mass is 428 g/mol. The molecule has 1 N–H and O–H groups in total. The van der Waals surface area contributed by atoms with Gasteiger partial charge in [0.15, 0.2) is 0 Å². The van der Waals surface area contributed by atoms with Crippen LogP contribution >= 0.6 is 11.8 Å². The van der Waals surface area contributed by atoms with Gasteiger partial charge in [-0.1, -0.05) is 55.7 Å². The molecule has 0 aromatic heterocycles. The predicted octanol–water partition coefficient (Wildman–Crippen LogP) is 4.78. The third-order valence-corrected chi connectivity index (χ3v) is 6.52. The van der Waals surface area contributed by atoms with Crippen molar-refractivity contribution in [2.75, 3.05) is 5.75 Å². The van der Waals surface area contributed by atoms with Gasteiger partial charge >= 0.3 is 0 Å². The SMILES string of the molecule is CC(C(=O)NC1CCCCC1)N(Cc1ccccc1F)C(=O)CSc1ccccc1. The number of amides is 2. The second-order valence-electron chi connectivity index (χ2n) is 7.73. The average molecular weight is 429 g/mol. The number of rotatable bonds is 8. The molecule has 160 valence electrons. The third-order valence-electron chi connectivity index (χ3n) is 5.52. The summed E-state index contributed by atoms with van der Waals surface area (Å²) in [6.45, 7) is 1.80. The summed E-state index contributed by atoms with van der Waals surface area (Å²) in [6.07, 6.45) is 5.39. The Bertz CT molecular complexity index is 840. The molecule has 1 aliphatic rings. The molecular weight excluding hydrogens is 399 g/mol. The molecule has 1 unspecified atom stereocenters. The van der Waals surface area contributed by atoms with Crippen LogP contribution in [0.1, 0.15) is 44.6 Å². The predicted molar refractivity (Wildman–Crippen MR) is 119 cm³/mol. The van der Waals surface area contributed by atoms with Crippen molar-refractivity contribution in [1.29, 1.82) is 0 Å². The normalized spacial score (nSPS) is 15.4. The van der Waals surface area contributed by atoms with Gasteiger partial charge in [-0.2, -0.15) is 0 Å². The summed E-state index contributed by atoms with van der Waals surface area (Å²) < 4.78 is 14.3. The number of thioether (sulfide) groups is 1. The van der Waals surface area contributed by atoms with Gasteiger partial charge in [-0.3, -0.25) is 9.59 Å². The van der Waals surface area contributed by atoms with E-state index in [9.17, 15) is 14.0 Å². The first-order valence-electron chi connectivity index (χ1n) is 10.6. The van der Waals surface area contributed by atoms with Crippen molar-refractivity contribution in [3.8, 4) is 0 Å². The Hall–Kier alpha value is -2.34. The van der Waals surface area contributed by atoms with Crippen molar-refractivity contribution >= 4 is 23.6 Å². The van der Waals surface area contributed by atoms with Gasteiger partial charge in [-0.05, 0) is 38.0 Å². The summed E-state index contributed by atoms with van der Waals surface area (Å²) in [6, 6.07) is 15.5. The topological polar surface area (TPSA) is 49.4 Å². The van der Waals surface area contributed by atoms with E-state index in [4.69, 9.17) is 0 Å². The van der Waals surface area contributed by atoms with Gasteiger partial charge in [0, 0.05) is 23.0 Å². The second kappa shape index (κ2) is 11.2. The number of benzene rings is 2. The maximum atomic E-state index is 14.3. The summed E-state index contributed by atoms with van der Waals surface area (Å²) in [4.78, 5) is 28.4. The molecule has 30 heavy (non-hydrogen) atoms. The minimum atomic E-state index is -0.671. The summed E-state index contributed by atoms with van der Waals surface area (Å²) in [5.41, 5.74) is 0.410. The van der Waals surface area contributed by atoms with E-state index in [-0.39, 0.29) is 36.0 Å². The van der Waals surface area contributed by atoms with Crippen molar-refractivity contribution in [3.63, 3.8) is 0 Å². The lowest BCUT2D eigenvalue weighted by Crippen LogP contribution is -2.50. The Kier molecular flexibility index (Phi) is 8.31. The highest BCUT2D eigenvalue weighted by Gasteiger charge is 2.28. The quantitative estimate of drug-likeness (QED) is 0.616. The standard InChI is InChI=1S/C24H29FN2O2S/c1-18(24(29)26-20-11-4-2-5-12-20)27(16-19-10-8-9-15-22(19)25)23(28)17-30-21-13-6-3-7-14-21/h3,6-10,13-15,18,20H,2,4-5,11-12,16-17H2,1H3,(H,26,29). The largest absolute Gasteiger partial charge is 0.352 e.